The van der Waals surface area contributed by atoms with Gasteiger partial charge in [-0.3, -0.25) is 0 Å². The Labute approximate surface area is 139 Å². The van der Waals surface area contributed by atoms with Gasteiger partial charge < -0.3 is 19.7 Å². The van der Waals surface area contributed by atoms with E-state index in [2.05, 4.69) is 5.32 Å². The first-order valence-corrected chi connectivity index (χ1v) is 8.01. The summed E-state index contributed by atoms with van der Waals surface area (Å²) < 4.78 is 38.2. The molecular formula is C18H18F2N2O2. The van der Waals surface area contributed by atoms with Crippen molar-refractivity contribution in [1.82, 2.24) is 5.32 Å². The summed E-state index contributed by atoms with van der Waals surface area (Å²) in [6, 6.07) is 10.7. The zero-order valence-electron chi connectivity index (χ0n) is 13.0. The highest BCUT2D eigenvalue weighted by molar-refractivity contribution is 5.53. The molecule has 0 spiro atoms. The van der Waals surface area contributed by atoms with Gasteiger partial charge in [-0.15, -0.1) is 0 Å². The third-order valence-electron chi connectivity index (χ3n) is 4.23. The second-order valence-electron chi connectivity index (χ2n) is 6.14. The lowest BCUT2D eigenvalue weighted by Gasteiger charge is -2.41. The van der Waals surface area contributed by atoms with E-state index in [9.17, 15) is 8.78 Å². The summed E-state index contributed by atoms with van der Waals surface area (Å²) in [5.74, 6) is 0.602. The van der Waals surface area contributed by atoms with Crippen LogP contribution in [0.15, 0.2) is 42.5 Å². The van der Waals surface area contributed by atoms with Crippen molar-refractivity contribution in [2.75, 3.05) is 31.1 Å². The Morgan fingerprint density at radius 3 is 2.21 bits per heavy atom. The van der Waals surface area contributed by atoms with Crippen molar-refractivity contribution in [3.05, 3.63) is 54.1 Å². The van der Waals surface area contributed by atoms with Crippen LogP contribution in [0.25, 0.3) is 0 Å². The fraction of sp³-hybridized carbons (Fsp3) is 0.333. The van der Waals surface area contributed by atoms with E-state index in [1.54, 1.807) is 12.1 Å². The predicted molar refractivity (Wildman–Crippen MR) is 86.7 cm³/mol. The monoisotopic (exact) mass is 332 g/mol. The Morgan fingerprint density at radius 1 is 0.833 bits per heavy atom. The molecule has 2 aliphatic heterocycles. The Hall–Kier alpha value is -2.34. The summed E-state index contributed by atoms with van der Waals surface area (Å²) in [5.41, 5.74) is 0.788. The smallest absolute Gasteiger partial charge is 0.133 e. The van der Waals surface area contributed by atoms with Gasteiger partial charge in [-0.1, -0.05) is 0 Å². The molecule has 0 unspecified atom stereocenters. The lowest BCUT2D eigenvalue weighted by Crippen LogP contribution is -2.54. The van der Waals surface area contributed by atoms with Gasteiger partial charge in [0.2, 0.25) is 0 Å². The van der Waals surface area contributed by atoms with Crippen LogP contribution < -0.4 is 19.7 Å². The maximum absolute atomic E-state index is 13.8. The van der Waals surface area contributed by atoms with Crippen LogP contribution in [0.4, 0.5) is 14.5 Å². The number of halogens is 2. The Kier molecular flexibility index (Phi) is 3.98. The summed E-state index contributed by atoms with van der Waals surface area (Å²) in [6.07, 6.45) is 0.129. The SMILES string of the molecule is Fc1ccc(OC2CN(c3cc(F)cc(OC4CNC4)c3)C2)cc1. The topological polar surface area (TPSA) is 33.7 Å². The summed E-state index contributed by atoms with van der Waals surface area (Å²) in [7, 11) is 0. The number of ether oxygens (including phenoxy) is 2. The largest absolute Gasteiger partial charge is 0.488 e. The standard InChI is InChI=1S/C18H18F2N2O2/c19-12-1-3-15(4-2-12)23-18-10-22(11-18)14-5-13(20)6-16(7-14)24-17-8-21-9-17/h1-7,17-18,21H,8-11H2. The lowest BCUT2D eigenvalue weighted by molar-refractivity contribution is 0.141. The molecule has 0 saturated carbocycles. The second kappa shape index (κ2) is 6.28. The van der Waals surface area contributed by atoms with E-state index in [1.807, 2.05) is 11.0 Å². The number of anilines is 1. The molecule has 0 aliphatic carbocycles. The second-order valence-corrected chi connectivity index (χ2v) is 6.14. The van der Waals surface area contributed by atoms with Crippen molar-refractivity contribution in [2.24, 2.45) is 0 Å². The maximum Gasteiger partial charge on any atom is 0.133 e. The van der Waals surface area contributed by atoms with Crippen LogP contribution in [0.5, 0.6) is 11.5 Å². The normalized spacial score (nSPS) is 18.0. The van der Waals surface area contributed by atoms with Gasteiger partial charge >= 0.3 is 0 Å². The van der Waals surface area contributed by atoms with Gasteiger partial charge in [0, 0.05) is 30.9 Å². The maximum atomic E-state index is 13.8. The third-order valence-corrected chi connectivity index (χ3v) is 4.23. The zero-order valence-corrected chi connectivity index (χ0v) is 13.0. The Morgan fingerprint density at radius 2 is 1.54 bits per heavy atom. The average molecular weight is 332 g/mol. The van der Waals surface area contributed by atoms with Crippen molar-refractivity contribution in [3.63, 3.8) is 0 Å². The number of rotatable bonds is 5. The van der Waals surface area contributed by atoms with Gasteiger partial charge in [-0.05, 0) is 30.3 Å². The summed E-state index contributed by atoms with van der Waals surface area (Å²) in [6.45, 7) is 2.91. The van der Waals surface area contributed by atoms with Gasteiger partial charge in [-0.2, -0.15) is 0 Å². The molecule has 4 nitrogen and oxygen atoms in total. The molecule has 2 fully saturated rings. The van der Waals surface area contributed by atoms with E-state index in [0.717, 1.165) is 18.8 Å². The molecule has 2 saturated heterocycles. The van der Waals surface area contributed by atoms with E-state index in [0.29, 0.717) is 24.6 Å². The number of nitrogens with zero attached hydrogens (tertiary/aromatic N) is 1. The molecule has 2 heterocycles. The minimum Gasteiger partial charge on any atom is -0.488 e. The lowest BCUT2D eigenvalue weighted by atomic mass is 10.1. The molecule has 0 amide bonds. The van der Waals surface area contributed by atoms with Crippen LogP contribution in [-0.2, 0) is 0 Å². The molecule has 1 N–H and O–H groups in total. The first-order chi connectivity index (χ1) is 11.7. The summed E-state index contributed by atoms with van der Waals surface area (Å²) in [5, 5.41) is 3.12. The predicted octanol–water partition coefficient (Wildman–Crippen LogP) is 2.58. The van der Waals surface area contributed by atoms with Crippen LogP contribution in [0.3, 0.4) is 0 Å². The van der Waals surface area contributed by atoms with Crippen LogP contribution in [0.1, 0.15) is 0 Å². The average Bonchev–Trinajstić information content (AvgIpc) is 2.47. The molecule has 0 aromatic heterocycles. The van der Waals surface area contributed by atoms with Crippen molar-refractivity contribution >= 4 is 5.69 Å². The molecule has 2 aromatic carbocycles. The van der Waals surface area contributed by atoms with Gasteiger partial charge in [0.25, 0.3) is 0 Å². The molecule has 0 atom stereocenters. The zero-order chi connectivity index (χ0) is 16.5. The van der Waals surface area contributed by atoms with Crippen LogP contribution in [-0.4, -0.2) is 38.4 Å². The number of hydrogen-bond donors (Lipinski definition) is 1. The van der Waals surface area contributed by atoms with Crippen LogP contribution in [0, 0.1) is 11.6 Å². The minimum atomic E-state index is -0.308. The Balaban J connectivity index is 1.36. The van der Waals surface area contributed by atoms with Crippen molar-refractivity contribution < 1.29 is 18.3 Å². The molecule has 126 valence electrons. The highest BCUT2D eigenvalue weighted by Gasteiger charge is 2.29. The van der Waals surface area contributed by atoms with Gasteiger partial charge in [0.15, 0.2) is 0 Å². The first-order valence-electron chi connectivity index (χ1n) is 8.01. The van der Waals surface area contributed by atoms with Crippen molar-refractivity contribution in [1.29, 1.82) is 0 Å². The summed E-state index contributed by atoms with van der Waals surface area (Å²) in [4.78, 5) is 2.03. The molecule has 4 rings (SSSR count). The molecule has 6 heteroatoms. The molecule has 2 aliphatic rings. The quantitative estimate of drug-likeness (QED) is 0.913. The number of hydrogen-bond acceptors (Lipinski definition) is 4. The van der Waals surface area contributed by atoms with Crippen molar-refractivity contribution in [2.45, 2.75) is 12.2 Å². The van der Waals surface area contributed by atoms with Gasteiger partial charge in [0.05, 0.1) is 13.1 Å². The molecule has 0 radical (unpaired) electrons. The fourth-order valence-corrected chi connectivity index (χ4v) is 2.77. The molecule has 24 heavy (non-hydrogen) atoms. The fourth-order valence-electron chi connectivity index (χ4n) is 2.77. The van der Waals surface area contributed by atoms with Crippen molar-refractivity contribution in [3.8, 4) is 11.5 Å². The molecule has 2 aromatic rings. The van der Waals surface area contributed by atoms with E-state index in [1.165, 1.54) is 24.3 Å². The molecule has 0 bridgehead atoms. The van der Waals surface area contributed by atoms with Gasteiger partial charge in [0.1, 0.15) is 35.3 Å². The third kappa shape index (κ3) is 3.28. The number of benzene rings is 2. The van der Waals surface area contributed by atoms with E-state index in [-0.39, 0.29) is 23.8 Å². The van der Waals surface area contributed by atoms with Crippen LogP contribution in [0.2, 0.25) is 0 Å². The van der Waals surface area contributed by atoms with E-state index < -0.39 is 0 Å². The Bertz CT molecular complexity index is 713. The first kappa shape index (κ1) is 15.2. The van der Waals surface area contributed by atoms with Gasteiger partial charge in [-0.25, -0.2) is 8.78 Å². The highest BCUT2D eigenvalue weighted by atomic mass is 19.1. The van der Waals surface area contributed by atoms with Crippen LogP contribution >= 0.6 is 0 Å². The summed E-state index contributed by atoms with van der Waals surface area (Å²) >= 11 is 0. The van der Waals surface area contributed by atoms with E-state index in [4.69, 9.17) is 9.47 Å². The molecular weight excluding hydrogens is 314 g/mol. The highest BCUT2D eigenvalue weighted by Crippen LogP contribution is 2.29. The minimum absolute atomic E-state index is 0.0129. The number of nitrogens with one attached hydrogen (secondary N) is 1. The van der Waals surface area contributed by atoms with E-state index >= 15 is 0 Å².